The first-order chi connectivity index (χ1) is 10.4. The Kier molecular flexibility index (Phi) is 4.69. The Bertz CT molecular complexity index is 652. The van der Waals surface area contributed by atoms with E-state index in [-0.39, 0.29) is 13.1 Å². The molecule has 2 aromatic rings. The summed E-state index contributed by atoms with van der Waals surface area (Å²) in [5.74, 6) is 0. The third kappa shape index (κ3) is 4.24. The van der Waals surface area contributed by atoms with Gasteiger partial charge in [-0.15, -0.1) is 0 Å². The van der Waals surface area contributed by atoms with E-state index in [2.05, 4.69) is 15.7 Å². The summed E-state index contributed by atoms with van der Waals surface area (Å²) in [5.41, 5.74) is 0.648. The van der Waals surface area contributed by atoms with Crippen LogP contribution in [0.2, 0.25) is 0 Å². The molecule has 0 aliphatic heterocycles. The maximum absolute atomic E-state index is 12.4. The van der Waals surface area contributed by atoms with Gasteiger partial charge >= 0.3 is 12.2 Å². The number of carbonyl (C=O) groups excluding carboxylic acids is 1. The Balaban J connectivity index is 1.80. The second kappa shape index (κ2) is 6.50. The van der Waals surface area contributed by atoms with Crippen LogP contribution in [0.3, 0.4) is 0 Å². The number of alkyl halides is 3. The van der Waals surface area contributed by atoms with Gasteiger partial charge in [0.2, 0.25) is 0 Å². The van der Waals surface area contributed by atoms with E-state index in [1.54, 1.807) is 12.1 Å². The molecule has 0 spiro atoms. The Morgan fingerprint density at radius 1 is 1.27 bits per heavy atom. The van der Waals surface area contributed by atoms with Gasteiger partial charge in [-0.3, -0.25) is 4.68 Å². The Morgan fingerprint density at radius 2 is 2.00 bits per heavy atom. The van der Waals surface area contributed by atoms with Crippen LogP contribution in [0.4, 0.5) is 23.7 Å². The van der Waals surface area contributed by atoms with Gasteiger partial charge in [0.1, 0.15) is 0 Å². The lowest BCUT2D eigenvalue weighted by molar-refractivity contribution is -0.141. The number of nitrogens with one attached hydrogen (secondary N) is 2. The van der Waals surface area contributed by atoms with Crippen molar-refractivity contribution in [1.29, 1.82) is 0 Å². The standard InChI is InChI=1S/C14H15F3N4O/c1-10-4-2-3-5-11(10)19-13(22)18-7-9-21-8-6-12(20-21)14(15,16)17/h2-6,8H,7,9H2,1H3,(H2,18,19,22). The fraction of sp³-hybridized carbons (Fsp3) is 0.286. The lowest BCUT2D eigenvalue weighted by atomic mass is 10.2. The number of carbonyl (C=O) groups is 1. The van der Waals surface area contributed by atoms with Crippen LogP contribution in [0.1, 0.15) is 11.3 Å². The largest absolute Gasteiger partial charge is 0.435 e. The average molecular weight is 312 g/mol. The van der Waals surface area contributed by atoms with Crippen LogP contribution in [0, 0.1) is 6.92 Å². The Morgan fingerprint density at radius 3 is 2.64 bits per heavy atom. The van der Waals surface area contributed by atoms with Crippen LogP contribution in [0.15, 0.2) is 36.5 Å². The molecule has 1 heterocycles. The summed E-state index contributed by atoms with van der Waals surface area (Å²) >= 11 is 0. The van der Waals surface area contributed by atoms with E-state index in [4.69, 9.17) is 0 Å². The van der Waals surface area contributed by atoms with E-state index >= 15 is 0 Å². The maximum Gasteiger partial charge on any atom is 0.435 e. The molecular formula is C14H15F3N4O. The highest BCUT2D eigenvalue weighted by Crippen LogP contribution is 2.27. The molecule has 0 bridgehead atoms. The quantitative estimate of drug-likeness (QED) is 0.911. The fourth-order valence-electron chi connectivity index (χ4n) is 1.80. The number of aromatic nitrogens is 2. The molecule has 0 saturated heterocycles. The second-order valence-electron chi connectivity index (χ2n) is 4.66. The minimum absolute atomic E-state index is 0.150. The number of rotatable bonds is 4. The number of urea groups is 1. The molecule has 0 saturated carbocycles. The summed E-state index contributed by atoms with van der Waals surface area (Å²) in [6.07, 6.45) is -3.23. The number of hydrogen-bond acceptors (Lipinski definition) is 2. The van der Waals surface area contributed by atoms with Crippen molar-refractivity contribution in [1.82, 2.24) is 15.1 Å². The molecule has 0 unspecified atom stereocenters. The van der Waals surface area contributed by atoms with E-state index in [0.717, 1.165) is 16.3 Å². The van der Waals surface area contributed by atoms with Crippen LogP contribution >= 0.6 is 0 Å². The van der Waals surface area contributed by atoms with Crippen molar-refractivity contribution < 1.29 is 18.0 Å². The molecule has 0 aliphatic carbocycles. The van der Waals surface area contributed by atoms with Gasteiger partial charge in [0.15, 0.2) is 5.69 Å². The summed E-state index contributed by atoms with van der Waals surface area (Å²) in [6.45, 7) is 2.17. The molecule has 8 heteroatoms. The van der Waals surface area contributed by atoms with Crippen LogP contribution in [0.5, 0.6) is 0 Å². The first kappa shape index (κ1) is 15.9. The Labute approximate surface area is 125 Å². The van der Waals surface area contributed by atoms with Crippen molar-refractivity contribution in [3.05, 3.63) is 47.8 Å². The van der Waals surface area contributed by atoms with Gasteiger partial charge in [-0.1, -0.05) is 18.2 Å². The van der Waals surface area contributed by atoms with E-state index < -0.39 is 17.9 Å². The van der Waals surface area contributed by atoms with Crippen LogP contribution in [-0.4, -0.2) is 22.4 Å². The van der Waals surface area contributed by atoms with Crippen molar-refractivity contribution in [2.45, 2.75) is 19.6 Å². The van der Waals surface area contributed by atoms with Gasteiger partial charge in [0.05, 0.1) is 6.54 Å². The highest BCUT2D eigenvalue weighted by atomic mass is 19.4. The van der Waals surface area contributed by atoms with Gasteiger partial charge in [0.25, 0.3) is 0 Å². The zero-order valence-electron chi connectivity index (χ0n) is 11.8. The molecule has 118 valence electrons. The highest BCUT2D eigenvalue weighted by molar-refractivity contribution is 5.89. The summed E-state index contributed by atoms with van der Waals surface area (Å²) < 4.78 is 38.3. The molecular weight excluding hydrogens is 297 g/mol. The van der Waals surface area contributed by atoms with Gasteiger partial charge < -0.3 is 10.6 Å². The Hall–Kier alpha value is -2.51. The van der Waals surface area contributed by atoms with E-state index in [1.807, 2.05) is 19.1 Å². The van der Waals surface area contributed by atoms with Gasteiger partial charge in [-0.2, -0.15) is 18.3 Å². The van der Waals surface area contributed by atoms with Crippen LogP contribution < -0.4 is 10.6 Å². The first-order valence-corrected chi connectivity index (χ1v) is 6.57. The highest BCUT2D eigenvalue weighted by Gasteiger charge is 2.33. The molecule has 22 heavy (non-hydrogen) atoms. The summed E-state index contributed by atoms with van der Waals surface area (Å²) in [5, 5.41) is 8.63. The molecule has 2 rings (SSSR count). The molecule has 5 nitrogen and oxygen atoms in total. The summed E-state index contributed by atoms with van der Waals surface area (Å²) in [7, 11) is 0. The summed E-state index contributed by atoms with van der Waals surface area (Å²) in [6, 6.07) is 7.75. The summed E-state index contributed by atoms with van der Waals surface area (Å²) in [4.78, 5) is 11.7. The number of para-hydroxylation sites is 1. The smallest absolute Gasteiger partial charge is 0.336 e. The maximum atomic E-state index is 12.4. The van der Waals surface area contributed by atoms with Gasteiger partial charge in [0, 0.05) is 18.4 Å². The lowest BCUT2D eigenvalue weighted by Crippen LogP contribution is -2.31. The normalized spacial score (nSPS) is 11.3. The molecule has 0 aliphatic rings. The average Bonchev–Trinajstić information content (AvgIpc) is 2.90. The number of amides is 2. The minimum atomic E-state index is -4.46. The van der Waals surface area contributed by atoms with E-state index in [9.17, 15) is 18.0 Å². The van der Waals surface area contributed by atoms with Crippen molar-refractivity contribution in [2.24, 2.45) is 0 Å². The molecule has 0 atom stereocenters. The number of anilines is 1. The molecule has 1 aromatic heterocycles. The van der Waals surface area contributed by atoms with Crippen LogP contribution in [-0.2, 0) is 12.7 Å². The third-order valence-corrected chi connectivity index (χ3v) is 2.95. The fourth-order valence-corrected chi connectivity index (χ4v) is 1.80. The molecule has 2 amide bonds. The number of hydrogen-bond donors (Lipinski definition) is 2. The van der Waals surface area contributed by atoms with Crippen molar-refractivity contribution in [2.75, 3.05) is 11.9 Å². The first-order valence-electron chi connectivity index (χ1n) is 6.57. The van der Waals surface area contributed by atoms with E-state index in [0.29, 0.717) is 5.69 Å². The van der Waals surface area contributed by atoms with Gasteiger partial charge in [-0.05, 0) is 24.6 Å². The third-order valence-electron chi connectivity index (χ3n) is 2.95. The monoisotopic (exact) mass is 312 g/mol. The molecule has 0 radical (unpaired) electrons. The molecule has 0 fully saturated rings. The molecule has 1 aromatic carbocycles. The zero-order valence-corrected chi connectivity index (χ0v) is 11.8. The van der Waals surface area contributed by atoms with Crippen LogP contribution in [0.25, 0.3) is 0 Å². The molecule has 2 N–H and O–H groups in total. The van der Waals surface area contributed by atoms with Crippen molar-refractivity contribution in [3.8, 4) is 0 Å². The van der Waals surface area contributed by atoms with Crippen molar-refractivity contribution >= 4 is 11.7 Å². The van der Waals surface area contributed by atoms with Gasteiger partial charge in [-0.25, -0.2) is 4.79 Å². The van der Waals surface area contributed by atoms with Crippen molar-refractivity contribution in [3.63, 3.8) is 0 Å². The second-order valence-corrected chi connectivity index (χ2v) is 4.66. The minimum Gasteiger partial charge on any atom is -0.336 e. The lowest BCUT2D eigenvalue weighted by Gasteiger charge is -2.09. The number of halogens is 3. The predicted octanol–water partition coefficient (Wildman–Crippen LogP) is 3.03. The number of nitrogens with zero attached hydrogens (tertiary/aromatic N) is 2. The topological polar surface area (TPSA) is 59.0 Å². The predicted molar refractivity (Wildman–Crippen MR) is 75.4 cm³/mol. The zero-order chi connectivity index (χ0) is 16.2. The number of aryl methyl sites for hydroxylation is 1. The number of benzene rings is 1. The van der Waals surface area contributed by atoms with E-state index in [1.165, 1.54) is 6.20 Å². The SMILES string of the molecule is Cc1ccccc1NC(=O)NCCn1ccc(C(F)(F)F)n1.